The van der Waals surface area contributed by atoms with Crippen LogP contribution in [0.1, 0.15) is 49.7 Å². The summed E-state index contributed by atoms with van der Waals surface area (Å²) in [5, 5.41) is 0. The third-order valence-electron chi connectivity index (χ3n) is 4.94. The predicted molar refractivity (Wildman–Crippen MR) is 98.8 cm³/mol. The molecular weight excluding hydrogens is 332 g/mol. The molecule has 0 aromatic carbocycles. The second-order valence-electron chi connectivity index (χ2n) is 7.42. The van der Waals surface area contributed by atoms with Crippen LogP contribution in [0.15, 0.2) is 12.1 Å². The molecule has 2 atom stereocenters. The van der Waals surface area contributed by atoms with E-state index in [0.29, 0.717) is 19.1 Å². The van der Waals surface area contributed by atoms with E-state index >= 15 is 0 Å². The van der Waals surface area contributed by atoms with Crippen LogP contribution >= 0.6 is 0 Å². The molecule has 1 saturated heterocycles. The van der Waals surface area contributed by atoms with Crippen molar-refractivity contribution in [1.82, 2.24) is 9.47 Å². The summed E-state index contributed by atoms with van der Waals surface area (Å²) in [6.45, 7) is 8.85. The molecule has 142 valence electrons. The highest BCUT2D eigenvalue weighted by Crippen LogP contribution is 2.38. The molecule has 0 bridgehead atoms. The third-order valence-corrected chi connectivity index (χ3v) is 4.94. The molecule has 6 nitrogen and oxygen atoms in total. The molecule has 1 aromatic rings. The average molecular weight is 360 g/mol. The van der Waals surface area contributed by atoms with E-state index in [0.717, 1.165) is 5.56 Å². The van der Waals surface area contributed by atoms with E-state index in [1.165, 1.54) is 30.3 Å². The molecule has 3 rings (SSSR count). The van der Waals surface area contributed by atoms with Gasteiger partial charge in [0.15, 0.2) is 6.61 Å². The van der Waals surface area contributed by atoms with E-state index in [4.69, 9.17) is 9.47 Å². The molecule has 1 amide bonds. The Morgan fingerprint density at radius 1 is 1.23 bits per heavy atom. The zero-order chi connectivity index (χ0) is 18.8. The standard InChI is InChI=1S/C20H28N2O4/c1-13-9-17(16(4)22(13)18-6-7-18)5-8-20(24)25-12-19(23)21-10-14(2)26-15(3)11-21/h5,8-9,14-15,18H,6-7,10-12H2,1-4H3/b8-5+/t14-,15+. The largest absolute Gasteiger partial charge is 0.452 e. The van der Waals surface area contributed by atoms with Crippen molar-refractivity contribution in [2.24, 2.45) is 0 Å². The molecule has 1 aliphatic carbocycles. The van der Waals surface area contributed by atoms with Crippen molar-refractivity contribution in [1.29, 1.82) is 0 Å². The van der Waals surface area contributed by atoms with Crippen LogP contribution in [0.25, 0.3) is 6.08 Å². The van der Waals surface area contributed by atoms with E-state index < -0.39 is 5.97 Å². The van der Waals surface area contributed by atoms with Gasteiger partial charge < -0.3 is 18.9 Å². The van der Waals surface area contributed by atoms with Gasteiger partial charge in [0.1, 0.15) is 0 Å². The first-order valence-electron chi connectivity index (χ1n) is 9.31. The molecule has 1 saturated carbocycles. The lowest BCUT2D eigenvalue weighted by Gasteiger charge is -2.35. The maximum absolute atomic E-state index is 12.2. The van der Waals surface area contributed by atoms with Gasteiger partial charge in [-0.05, 0) is 58.2 Å². The third kappa shape index (κ3) is 4.36. The molecular formula is C20H28N2O4. The highest BCUT2D eigenvalue weighted by molar-refractivity contribution is 5.89. The summed E-state index contributed by atoms with van der Waals surface area (Å²) in [7, 11) is 0. The molecule has 0 spiro atoms. The fraction of sp³-hybridized carbons (Fsp3) is 0.600. The van der Waals surface area contributed by atoms with Crippen LogP contribution in [0, 0.1) is 13.8 Å². The van der Waals surface area contributed by atoms with Gasteiger partial charge in [0.2, 0.25) is 0 Å². The Labute approximate surface area is 154 Å². The number of carbonyl (C=O) groups is 2. The van der Waals surface area contributed by atoms with Gasteiger partial charge in [-0.2, -0.15) is 0 Å². The second-order valence-corrected chi connectivity index (χ2v) is 7.42. The molecule has 0 N–H and O–H groups in total. The summed E-state index contributed by atoms with van der Waals surface area (Å²) in [5.74, 6) is -0.676. The van der Waals surface area contributed by atoms with Gasteiger partial charge in [0.25, 0.3) is 5.91 Å². The lowest BCUT2D eigenvalue weighted by molar-refractivity contribution is -0.154. The number of aromatic nitrogens is 1. The molecule has 2 fully saturated rings. The van der Waals surface area contributed by atoms with Gasteiger partial charge in [-0.1, -0.05) is 0 Å². The number of nitrogens with zero attached hydrogens (tertiary/aromatic N) is 2. The molecule has 2 aliphatic rings. The van der Waals surface area contributed by atoms with Crippen LogP contribution in [0.4, 0.5) is 0 Å². The maximum Gasteiger partial charge on any atom is 0.331 e. The number of amides is 1. The summed E-state index contributed by atoms with van der Waals surface area (Å²) in [6, 6.07) is 2.69. The summed E-state index contributed by atoms with van der Waals surface area (Å²) in [4.78, 5) is 25.9. The summed E-state index contributed by atoms with van der Waals surface area (Å²) < 4.78 is 13.1. The van der Waals surface area contributed by atoms with Crippen LogP contribution in [0.5, 0.6) is 0 Å². The first-order valence-corrected chi connectivity index (χ1v) is 9.31. The predicted octanol–water partition coefficient (Wildman–Crippen LogP) is 2.63. The van der Waals surface area contributed by atoms with Crippen molar-refractivity contribution < 1.29 is 19.1 Å². The Morgan fingerprint density at radius 2 is 1.88 bits per heavy atom. The van der Waals surface area contributed by atoms with Crippen molar-refractivity contribution in [2.75, 3.05) is 19.7 Å². The number of morpholine rings is 1. The fourth-order valence-corrected chi connectivity index (χ4v) is 3.68. The minimum absolute atomic E-state index is 0.0000152. The van der Waals surface area contributed by atoms with Crippen LogP contribution in [0.3, 0.4) is 0 Å². The molecule has 26 heavy (non-hydrogen) atoms. The number of hydrogen-bond acceptors (Lipinski definition) is 4. The Kier molecular flexibility index (Phi) is 5.51. The SMILES string of the molecule is Cc1cc(/C=C/C(=O)OCC(=O)N2C[C@@H](C)O[C@@H](C)C2)c(C)n1C1CC1. The van der Waals surface area contributed by atoms with Crippen LogP contribution in [-0.2, 0) is 19.1 Å². The number of carbonyl (C=O) groups excluding carboxylic acids is 2. The van der Waals surface area contributed by atoms with Crippen LogP contribution < -0.4 is 0 Å². The summed E-state index contributed by atoms with van der Waals surface area (Å²) in [5.41, 5.74) is 3.40. The van der Waals surface area contributed by atoms with Crippen molar-refractivity contribution in [2.45, 2.75) is 58.8 Å². The van der Waals surface area contributed by atoms with Gasteiger partial charge in [0, 0.05) is 36.6 Å². The minimum Gasteiger partial charge on any atom is -0.452 e. The Morgan fingerprint density at radius 3 is 2.50 bits per heavy atom. The van der Waals surface area contributed by atoms with Crippen molar-refractivity contribution in [3.05, 3.63) is 29.1 Å². The number of ether oxygens (including phenoxy) is 2. The number of esters is 1. The first kappa shape index (κ1) is 18.7. The summed E-state index contributed by atoms with van der Waals surface area (Å²) in [6.07, 6.45) is 5.62. The van der Waals surface area contributed by atoms with E-state index in [2.05, 4.69) is 24.5 Å². The lowest BCUT2D eigenvalue weighted by Crippen LogP contribution is -2.49. The molecule has 1 aliphatic heterocycles. The van der Waals surface area contributed by atoms with E-state index in [-0.39, 0.29) is 24.7 Å². The average Bonchev–Trinajstić information content (AvgIpc) is 3.36. The summed E-state index contributed by atoms with van der Waals surface area (Å²) >= 11 is 0. The van der Waals surface area contributed by atoms with E-state index in [9.17, 15) is 9.59 Å². The van der Waals surface area contributed by atoms with E-state index in [1.807, 2.05) is 13.8 Å². The van der Waals surface area contributed by atoms with Gasteiger partial charge in [-0.15, -0.1) is 0 Å². The Bertz CT molecular complexity index is 708. The Hall–Kier alpha value is -2.08. The van der Waals surface area contributed by atoms with Gasteiger partial charge in [-0.3, -0.25) is 4.79 Å². The fourth-order valence-electron chi connectivity index (χ4n) is 3.68. The number of rotatable bonds is 5. The van der Waals surface area contributed by atoms with Crippen molar-refractivity contribution >= 4 is 18.0 Å². The molecule has 6 heteroatoms. The van der Waals surface area contributed by atoms with Gasteiger partial charge in [-0.25, -0.2) is 4.79 Å². The maximum atomic E-state index is 12.2. The normalized spacial score (nSPS) is 23.5. The first-order chi connectivity index (χ1) is 12.3. The monoisotopic (exact) mass is 360 g/mol. The highest BCUT2D eigenvalue weighted by atomic mass is 16.5. The molecule has 0 radical (unpaired) electrons. The minimum atomic E-state index is -0.496. The smallest absolute Gasteiger partial charge is 0.331 e. The zero-order valence-corrected chi connectivity index (χ0v) is 16.0. The van der Waals surface area contributed by atoms with Gasteiger partial charge in [0.05, 0.1) is 12.2 Å². The zero-order valence-electron chi connectivity index (χ0n) is 16.0. The van der Waals surface area contributed by atoms with E-state index in [1.54, 1.807) is 11.0 Å². The molecule has 1 aromatic heterocycles. The van der Waals surface area contributed by atoms with Crippen molar-refractivity contribution in [3.63, 3.8) is 0 Å². The van der Waals surface area contributed by atoms with Crippen LogP contribution in [0.2, 0.25) is 0 Å². The number of hydrogen-bond donors (Lipinski definition) is 0. The quantitative estimate of drug-likeness (QED) is 0.598. The highest BCUT2D eigenvalue weighted by Gasteiger charge is 2.27. The second kappa shape index (κ2) is 7.66. The molecule has 2 heterocycles. The van der Waals surface area contributed by atoms with Crippen molar-refractivity contribution in [3.8, 4) is 0 Å². The molecule has 0 unspecified atom stereocenters. The topological polar surface area (TPSA) is 60.8 Å². The Balaban J connectivity index is 1.52. The lowest BCUT2D eigenvalue weighted by atomic mass is 10.2. The van der Waals surface area contributed by atoms with Gasteiger partial charge >= 0.3 is 5.97 Å². The number of aryl methyl sites for hydroxylation is 1. The van der Waals surface area contributed by atoms with Crippen LogP contribution in [-0.4, -0.2) is 53.2 Å².